The average Bonchev–Trinajstić information content (AvgIpc) is 2.18. The van der Waals surface area contributed by atoms with Crippen molar-refractivity contribution in [2.24, 2.45) is 5.41 Å². The van der Waals surface area contributed by atoms with Crippen LogP contribution in [0.15, 0.2) is 0 Å². The molecule has 0 aromatic carbocycles. The number of unbranched alkanes of at least 4 members (excludes halogenated alkanes) is 5. The van der Waals surface area contributed by atoms with Gasteiger partial charge in [-0.25, -0.2) is 8.42 Å². The Labute approximate surface area is 117 Å². The Morgan fingerprint density at radius 1 is 1.06 bits per heavy atom. The van der Waals surface area contributed by atoms with E-state index in [4.69, 9.17) is 15.4 Å². The van der Waals surface area contributed by atoms with Crippen molar-refractivity contribution in [1.29, 1.82) is 0 Å². The van der Waals surface area contributed by atoms with Crippen molar-refractivity contribution < 1.29 is 13.2 Å². The van der Waals surface area contributed by atoms with Gasteiger partial charge in [-0.2, -0.15) is 0 Å². The van der Waals surface area contributed by atoms with Crippen molar-refractivity contribution in [3.63, 3.8) is 0 Å². The molecular weight excluding hydrogens is 272 g/mol. The van der Waals surface area contributed by atoms with Crippen LogP contribution in [-0.2, 0) is 13.8 Å². The normalized spacial score (nSPS) is 12.9. The van der Waals surface area contributed by atoms with E-state index in [0.29, 0.717) is 13.2 Å². The second-order valence-corrected chi connectivity index (χ2v) is 8.44. The molecule has 0 saturated carbocycles. The first-order valence-electron chi connectivity index (χ1n) is 6.77. The summed E-state index contributed by atoms with van der Waals surface area (Å²) in [6.07, 6.45) is 7.36. The third-order valence-electron chi connectivity index (χ3n) is 2.70. The first-order chi connectivity index (χ1) is 8.27. The fraction of sp³-hybridized carbons (Fsp3) is 1.00. The maximum atomic E-state index is 11.0. The van der Waals surface area contributed by atoms with Gasteiger partial charge in [0.15, 0.2) is 0 Å². The summed E-state index contributed by atoms with van der Waals surface area (Å²) in [6.45, 7) is 7.06. The molecule has 0 aromatic rings. The van der Waals surface area contributed by atoms with Crippen molar-refractivity contribution in [1.82, 2.24) is 0 Å². The van der Waals surface area contributed by atoms with E-state index in [1.807, 2.05) is 13.8 Å². The van der Waals surface area contributed by atoms with Crippen LogP contribution < -0.4 is 0 Å². The molecule has 0 atom stereocenters. The van der Waals surface area contributed by atoms with Crippen molar-refractivity contribution in [2.45, 2.75) is 59.3 Å². The van der Waals surface area contributed by atoms with E-state index >= 15 is 0 Å². The molecule has 0 aliphatic carbocycles. The van der Waals surface area contributed by atoms with E-state index in [1.165, 1.54) is 32.1 Å². The summed E-state index contributed by atoms with van der Waals surface area (Å²) in [7, 11) is 1.80. The molecule has 3 nitrogen and oxygen atoms in total. The van der Waals surface area contributed by atoms with Crippen molar-refractivity contribution in [3.05, 3.63) is 0 Å². The lowest BCUT2D eigenvalue weighted by Crippen LogP contribution is -2.27. The number of hydrogen-bond donors (Lipinski definition) is 0. The molecule has 0 bridgehead atoms. The lowest BCUT2D eigenvalue weighted by molar-refractivity contribution is 0.0701. The molecule has 0 fully saturated rings. The molecule has 0 radical (unpaired) electrons. The Morgan fingerprint density at radius 3 is 2.17 bits per heavy atom. The van der Waals surface area contributed by atoms with Gasteiger partial charge in [0.1, 0.15) is 0 Å². The van der Waals surface area contributed by atoms with Crippen molar-refractivity contribution in [3.8, 4) is 0 Å². The smallest absolute Gasteiger partial charge is 0.233 e. The predicted molar refractivity (Wildman–Crippen MR) is 77.6 cm³/mol. The molecule has 0 heterocycles. The van der Waals surface area contributed by atoms with Gasteiger partial charge in [0.2, 0.25) is 9.05 Å². The Kier molecular flexibility index (Phi) is 9.26. The lowest BCUT2D eigenvalue weighted by atomic mass is 9.98. The summed E-state index contributed by atoms with van der Waals surface area (Å²) >= 11 is 0. The zero-order valence-electron chi connectivity index (χ0n) is 11.9. The monoisotopic (exact) mass is 298 g/mol. The molecule has 0 aliphatic rings. The van der Waals surface area contributed by atoms with Crippen LogP contribution in [0.5, 0.6) is 0 Å². The van der Waals surface area contributed by atoms with Crippen molar-refractivity contribution in [2.75, 3.05) is 19.0 Å². The van der Waals surface area contributed by atoms with Crippen LogP contribution in [0.1, 0.15) is 59.3 Å². The number of halogens is 1. The standard InChI is InChI=1S/C13H27ClO3S/c1-4-5-6-7-8-9-10-17-11-13(2,3)12-18(14,15)16/h4-12H2,1-3H3. The van der Waals surface area contributed by atoms with E-state index in [9.17, 15) is 8.42 Å². The minimum atomic E-state index is -3.45. The Bertz CT molecular complexity index is 299. The number of rotatable bonds is 11. The highest BCUT2D eigenvalue weighted by Gasteiger charge is 2.25. The van der Waals surface area contributed by atoms with Gasteiger partial charge in [-0.05, 0) is 6.42 Å². The maximum absolute atomic E-state index is 11.0. The molecule has 0 unspecified atom stereocenters. The average molecular weight is 299 g/mol. The van der Waals surface area contributed by atoms with E-state index in [1.54, 1.807) is 0 Å². The third kappa shape index (κ3) is 12.7. The maximum Gasteiger partial charge on any atom is 0.233 e. The second-order valence-electron chi connectivity index (χ2n) is 5.67. The van der Waals surface area contributed by atoms with Gasteiger partial charge in [-0.15, -0.1) is 0 Å². The van der Waals surface area contributed by atoms with Gasteiger partial charge in [0, 0.05) is 22.7 Å². The summed E-state index contributed by atoms with van der Waals surface area (Å²) in [6, 6.07) is 0. The minimum Gasteiger partial charge on any atom is -0.381 e. The van der Waals surface area contributed by atoms with Crippen LogP contribution in [0, 0.1) is 5.41 Å². The highest BCUT2D eigenvalue weighted by molar-refractivity contribution is 8.13. The first kappa shape index (κ1) is 18.2. The summed E-state index contributed by atoms with van der Waals surface area (Å²) in [5.74, 6) is -0.0436. The molecule has 0 aliphatic heterocycles. The SMILES string of the molecule is CCCCCCCCOCC(C)(C)CS(=O)(=O)Cl. The molecule has 0 N–H and O–H groups in total. The quantitative estimate of drug-likeness (QED) is 0.428. The van der Waals surface area contributed by atoms with Crippen LogP contribution in [0.4, 0.5) is 0 Å². The van der Waals surface area contributed by atoms with Gasteiger partial charge >= 0.3 is 0 Å². The van der Waals surface area contributed by atoms with Crippen LogP contribution in [-0.4, -0.2) is 27.4 Å². The van der Waals surface area contributed by atoms with Gasteiger partial charge in [-0.3, -0.25) is 0 Å². The van der Waals surface area contributed by atoms with Gasteiger partial charge in [-0.1, -0.05) is 52.9 Å². The number of hydrogen-bond acceptors (Lipinski definition) is 3. The van der Waals surface area contributed by atoms with E-state index < -0.39 is 14.5 Å². The van der Waals surface area contributed by atoms with E-state index in [2.05, 4.69) is 6.92 Å². The molecule has 0 rings (SSSR count). The Hall–Kier alpha value is 0.200. The summed E-state index contributed by atoms with van der Waals surface area (Å²) in [5.41, 5.74) is -0.414. The summed E-state index contributed by atoms with van der Waals surface area (Å²) in [4.78, 5) is 0. The third-order valence-corrected chi connectivity index (χ3v) is 4.15. The molecule has 0 saturated heterocycles. The fourth-order valence-corrected chi connectivity index (χ4v) is 3.74. The van der Waals surface area contributed by atoms with E-state index in [0.717, 1.165) is 6.42 Å². The van der Waals surface area contributed by atoms with E-state index in [-0.39, 0.29) is 5.75 Å². The largest absolute Gasteiger partial charge is 0.381 e. The Balaban J connectivity index is 3.53. The zero-order chi connectivity index (χ0) is 14.1. The second kappa shape index (κ2) is 9.16. The molecule has 0 spiro atoms. The zero-order valence-corrected chi connectivity index (χ0v) is 13.4. The fourth-order valence-electron chi connectivity index (χ4n) is 1.84. The number of ether oxygens (including phenoxy) is 1. The van der Waals surface area contributed by atoms with Gasteiger partial charge < -0.3 is 4.74 Å². The Morgan fingerprint density at radius 2 is 1.61 bits per heavy atom. The van der Waals surface area contributed by atoms with Gasteiger partial charge in [0.25, 0.3) is 0 Å². The highest BCUT2D eigenvalue weighted by Crippen LogP contribution is 2.20. The topological polar surface area (TPSA) is 43.4 Å². The lowest BCUT2D eigenvalue weighted by Gasteiger charge is -2.22. The summed E-state index contributed by atoms with van der Waals surface area (Å²) < 4.78 is 27.5. The molecule has 5 heteroatoms. The van der Waals surface area contributed by atoms with Gasteiger partial charge in [0.05, 0.1) is 12.4 Å². The first-order valence-corrected chi connectivity index (χ1v) is 9.25. The molecule has 0 aromatic heterocycles. The molecular formula is C13H27ClO3S. The van der Waals surface area contributed by atoms with Crippen LogP contribution in [0.25, 0.3) is 0 Å². The van der Waals surface area contributed by atoms with Crippen LogP contribution in [0.3, 0.4) is 0 Å². The molecule has 0 amide bonds. The van der Waals surface area contributed by atoms with Crippen LogP contribution in [0.2, 0.25) is 0 Å². The molecule has 110 valence electrons. The summed E-state index contributed by atoms with van der Waals surface area (Å²) in [5, 5.41) is 0. The molecule has 18 heavy (non-hydrogen) atoms. The van der Waals surface area contributed by atoms with Crippen molar-refractivity contribution >= 4 is 19.7 Å². The predicted octanol–water partition coefficient (Wildman–Crippen LogP) is 3.96. The van der Waals surface area contributed by atoms with Crippen LogP contribution >= 0.6 is 10.7 Å². The minimum absolute atomic E-state index is 0.0436. The highest BCUT2D eigenvalue weighted by atomic mass is 35.7.